The van der Waals surface area contributed by atoms with Gasteiger partial charge in [0.1, 0.15) is 29.7 Å². The molecule has 0 aliphatic carbocycles. The fourth-order valence-electron chi connectivity index (χ4n) is 6.91. The Morgan fingerprint density at radius 3 is 2.17 bits per heavy atom. The molecule has 2 rings (SSSR count). The van der Waals surface area contributed by atoms with E-state index in [-0.39, 0.29) is 31.3 Å². The molecule has 48 heavy (non-hydrogen) atoms. The Morgan fingerprint density at radius 2 is 1.54 bits per heavy atom. The first-order valence-corrected chi connectivity index (χ1v) is 18.7. The largest absolute Gasteiger partial charge is 0.487 e. The number of hydrogen-bond acceptors (Lipinski definition) is 7. The second kappa shape index (κ2) is 21.2. The first-order chi connectivity index (χ1) is 22.8. The topological polar surface area (TPSA) is 107 Å². The Balaban J connectivity index is 1.91. The van der Waals surface area contributed by atoms with Gasteiger partial charge in [0.2, 0.25) is 0 Å². The number of nitrogens with zero attached hydrogens (tertiary/aromatic N) is 1. The summed E-state index contributed by atoms with van der Waals surface area (Å²) in [6.45, 7) is 19.9. The van der Waals surface area contributed by atoms with Crippen LogP contribution < -0.4 is 14.8 Å². The number of nitriles is 1. The summed E-state index contributed by atoms with van der Waals surface area (Å²) in [5, 5.41) is 11.3. The molecule has 1 aromatic carbocycles. The summed E-state index contributed by atoms with van der Waals surface area (Å²) in [7, 11) is 0. The summed E-state index contributed by atoms with van der Waals surface area (Å²) in [4.78, 5) is 25.4. The standard InChI is InChI=1S/C40H66N2O6/c1-10-46-39(44)35(21-11-12-25-45-27-41)42-36(43)26-47-37-31(6)32(7)38-34(33(37)8)22-24-40(9,48-38)23-15-20-30(5)19-14-18-29(4)17-13-16-28(2)3/h28-30,35H,10-26H2,1-9H3,(H,42,43)/t29-,30-,35+,40-/m1/s1. The lowest BCUT2D eigenvalue weighted by Crippen LogP contribution is -2.44. The van der Waals surface area contributed by atoms with Crippen LogP contribution in [0.2, 0.25) is 0 Å². The number of carbonyl (C=O) groups excluding carboxylic acids is 2. The van der Waals surface area contributed by atoms with Crippen molar-refractivity contribution >= 4 is 11.9 Å². The summed E-state index contributed by atoms with van der Waals surface area (Å²) in [5.74, 6) is 3.21. The number of carbonyl (C=O) groups is 2. The Labute approximate surface area is 292 Å². The average molecular weight is 671 g/mol. The van der Waals surface area contributed by atoms with Crippen LogP contribution in [0.15, 0.2) is 0 Å². The van der Waals surface area contributed by atoms with Gasteiger partial charge < -0.3 is 24.3 Å². The van der Waals surface area contributed by atoms with Crippen molar-refractivity contribution in [2.45, 2.75) is 164 Å². The van der Waals surface area contributed by atoms with Crippen molar-refractivity contribution in [1.82, 2.24) is 5.32 Å². The van der Waals surface area contributed by atoms with E-state index in [9.17, 15) is 9.59 Å². The zero-order chi connectivity index (χ0) is 35.7. The second-order valence-electron chi connectivity index (χ2n) is 15.0. The summed E-state index contributed by atoms with van der Waals surface area (Å²) < 4.78 is 22.8. The van der Waals surface area contributed by atoms with Crippen LogP contribution in [0.25, 0.3) is 0 Å². The third kappa shape index (κ3) is 13.9. The molecule has 1 aliphatic heterocycles. The number of esters is 1. The van der Waals surface area contributed by atoms with Gasteiger partial charge >= 0.3 is 5.97 Å². The van der Waals surface area contributed by atoms with E-state index in [1.54, 1.807) is 13.2 Å². The maximum absolute atomic E-state index is 12.9. The van der Waals surface area contributed by atoms with Gasteiger partial charge in [-0.15, -0.1) is 0 Å². The van der Waals surface area contributed by atoms with E-state index in [2.05, 4.69) is 46.9 Å². The van der Waals surface area contributed by atoms with E-state index >= 15 is 0 Å². The molecule has 1 heterocycles. The molecule has 8 nitrogen and oxygen atoms in total. The quantitative estimate of drug-likeness (QED) is 0.0703. The molecular weight excluding hydrogens is 604 g/mol. The van der Waals surface area contributed by atoms with Crippen LogP contribution in [0, 0.1) is 50.0 Å². The highest BCUT2D eigenvalue weighted by Crippen LogP contribution is 2.45. The molecular formula is C40H66N2O6. The Kier molecular flexibility index (Phi) is 18.2. The lowest BCUT2D eigenvalue weighted by Gasteiger charge is -2.38. The van der Waals surface area contributed by atoms with Gasteiger partial charge in [-0.2, -0.15) is 5.26 Å². The average Bonchev–Trinajstić information content (AvgIpc) is 3.02. The monoisotopic (exact) mass is 670 g/mol. The van der Waals surface area contributed by atoms with E-state index in [0.29, 0.717) is 25.0 Å². The molecule has 0 radical (unpaired) electrons. The van der Waals surface area contributed by atoms with Crippen molar-refractivity contribution in [3.8, 4) is 17.8 Å². The summed E-state index contributed by atoms with van der Waals surface area (Å²) in [6.07, 6.45) is 16.6. The number of nitrogens with one attached hydrogen (secondary N) is 1. The minimum absolute atomic E-state index is 0.188. The summed E-state index contributed by atoms with van der Waals surface area (Å²) in [5.41, 5.74) is 4.00. The summed E-state index contributed by atoms with van der Waals surface area (Å²) in [6, 6.07) is -0.780. The van der Waals surface area contributed by atoms with Gasteiger partial charge in [0.15, 0.2) is 6.61 Å². The van der Waals surface area contributed by atoms with Crippen LogP contribution in [0.5, 0.6) is 11.5 Å². The number of fused-ring (bicyclic) bond motifs is 1. The lowest BCUT2D eigenvalue weighted by atomic mass is 9.83. The maximum Gasteiger partial charge on any atom is 0.328 e. The van der Waals surface area contributed by atoms with E-state index < -0.39 is 12.0 Å². The molecule has 0 fully saturated rings. The summed E-state index contributed by atoms with van der Waals surface area (Å²) >= 11 is 0. The molecule has 0 spiro atoms. The van der Waals surface area contributed by atoms with E-state index in [0.717, 1.165) is 65.0 Å². The van der Waals surface area contributed by atoms with E-state index in [1.165, 1.54) is 51.4 Å². The number of ether oxygens (including phenoxy) is 4. The van der Waals surface area contributed by atoms with E-state index in [1.807, 2.05) is 13.8 Å². The van der Waals surface area contributed by atoms with Gasteiger partial charge in [-0.3, -0.25) is 4.79 Å². The molecule has 8 heteroatoms. The molecule has 272 valence electrons. The third-order valence-corrected chi connectivity index (χ3v) is 10.1. The van der Waals surface area contributed by atoms with Crippen LogP contribution in [-0.4, -0.2) is 43.3 Å². The number of benzene rings is 1. The zero-order valence-electron chi connectivity index (χ0n) is 31.7. The minimum atomic E-state index is -0.780. The van der Waals surface area contributed by atoms with Gasteiger partial charge in [0, 0.05) is 5.56 Å². The van der Waals surface area contributed by atoms with Crippen molar-refractivity contribution in [3.05, 3.63) is 22.3 Å². The number of hydrogen-bond donors (Lipinski definition) is 1. The molecule has 4 atom stereocenters. The van der Waals surface area contributed by atoms with Gasteiger partial charge in [-0.25, -0.2) is 4.79 Å². The smallest absolute Gasteiger partial charge is 0.328 e. The van der Waals surface area contributed by atoms with Crippen LogP contribution in [-0.2, 0) is 25.5 Å². The van der Waals surface area contributed by atoms with Crippen molar-refractivity contribution in [2.24, 2.45) is 17.8 Å². The number of unbranched alkanes of at least 4 members (excludes halogenated alkanes) is 1. The van der Waals surface area contributed by atoms with Crippen LogP contribution in [0.3, 0.4) is 0 Å². The van der Waals surface area contributed by atoms with Crippen LogP contribution in [0.1, 0.15) is 147 Å². The number of rotatable bonds is 23. The SMILES string of the molecule is CCOC(=O)[C@H](CCCCOC#N)NC(=O)COc1c(C)c(C)c2c(c1C)CC[C@@](C)(CCC[C@H](C)CCC[C@H](C)CCCC(C)C)O2. The molecule has 1 aliphatic rings. The fourth-order valence-corrected chi connectivity index (χ4v) is 6.91. The first kappa shape index (κ1) is 41.2. The van der Waals surface area contributed by atoms with Gasteiger partial charge in [0.25, 0.3) is 12.2 Å². The van der Waals surface area contributed by atoms with Gasteiger partial charge in [0.05, 0.1) is 6.61 Å². The minimum Gasteiger partial charge on any atom is -0.487 e. The Morgan fingerprint density at radius 1 is 0.896 bits per heavy atom. The highest BCUT2D eigenvalue weighted by Gasteiger charge is 2.34. The Hall–Kier alpha value is -2.95. The third-order valence-electron chi connectivity index (χ3n) is 10.1. The molecule has 1 N–H and O–H groups in total. The maximum atomic E-state index is 12.9. The fraction of sp³-hybridized carbons (Fsp3) is 0.775. The molecule has 0 saturated carbocycles. The van der Waals surface area contributed by atoms with E-state index in [4.69, 9.17) is 24.2 Å². The van der Waals surface area contributed by atoms with Gasteiger partial charge in [-0.05, 0) is 114 Å². The normalized spacial score (nSPS) is 17.4. The van der Waals surface area contributed by atoms with Gasteiger partial charge in [-0.1, -0.05) is 72.6 Å². The van der Waals surface area contributed by atoms with Crippen molar-refractivity contribution in [1.29, 1.82) is 5.26 Å². The second-order valence-corrected chi connectivity index (χ2v) is 15.0. The predicted molar refractivity (Wildman–Crippen MR) is 192 cm³/mol. The predicted octanol–water partition coefficient (Wildman–Crippen LogP) is 9.23. The van der Waals surface area contributed by atoms with Crippen LogP contribution >= 0.6 is 0 Å². The molecule has 0 bridgehead atoms. The number of amides is 1. The molecule has 1 amide bonds. The molecule has 0 saturated heterocycles. The first-order valence-electron chi connectivity index (χ1n) is 18.7. The molecule has 0 unspecified atom stereocenters. The highest BCUT2D eigenvalue weighted by atomic mass is 16.5. The highest BCUT2D eigenvalue weighted by molar-refractivity contribution is 5.85. The van der Waals surface area contributed by atoms with Crippen molar-refractivity contribution < 1.29 is 28.5 Å². The van der Waals surface area contributed by atoms with Crippen molar-refractivity contribution in [3.63, 3.8) is 0 Å². The Bertz CT molecular complexity index is 1190. The lowest BCUT2D eigenvalue weighted by molar-refractivity contribution is -0.147. The molecule has 0 aromatic heterocycles. The van der Waals surface area contributed by atoms with Crippen LogP contribution in [0.4, 0.5) is 0 Å². The van der Waals surface area contributed by atoms with Crippen molar-refractivity contribution in [2.75, 3.05) is 19.8 Å². The zero-order valence-corrected chi connectivity index (χ0v) is 31.7. The molecule has 1 aromatic rings.